The Bertz CT molecular complexity index is 925. The van der Waals surface area contributed by atoms with Gasteiger partial charge in [-0.15, -0.1) is 0 Å². The van der Waals surface area contributed by atoms with Crippen LogP contribution in [0.2, 0.25) is 5.02 Å². The fraction of sp³-hybridized carbons (Fsp3) is 0.118. The van der Waals surface area contributed by atoms with Gasteiger partial charge >= 0.3 is 0 Å². The second-order valence-electron chi connectivity index (χ2n) is 5.19. The second-order valence-corrected chi connectivity index (χ2v) is 6.55. The number of fused-ring (bicyclic) bond motifs is 1. The molecule has 3 aromatic rings. The summed E-state index contributed by atoms with van der Waals surface area (Å²) in [6.45, 7) is 1.44. The van der Waals surface area contributed by atoms with Crippen LogP contribution in [-0.4, -0.2) is 22.6 Å². The molecule has 1 aromatic heterocycles. The molecule has 0 aliphatic heterocycles. The van der Waals surface area contributed by atoms with Gasteiger partial charge < -0.3 is 15.1 Å². The molecule has 8 heteroatoms. The molecule has 2 amide bonds. The number of aromatic nitrogens is 1. The van der Waals surface area contributed by atoms with Crippen LogP contribution < -0.4 is 10.6 Å². The van der Waals surface area contributed by atoms with E-state index in [1.807, 2.05) is 0 Å². The third kappa shape index (κ3) is 4.74. The number of nitrogens with one attached hydrogen (secondary N) is 2. The molecule has 0 saturated carbocycles. The molecule has 0 aliphatic rings. The van der Waals surface area contributed by atoms with Gasteiger partial charge in [0.25, 0.3) is 5.22 Å². The summed E-state index contributed by atoms with van der Waals surface area (Å²) in [6.07, 6.45) is 0. The molecule has 1 heterocycles. The topological polar surface area (TPSA) is 84.2 Å². The number of nitrogens with zero attached hydrogens (tertiary/aromatic N) is 1. The molecule has 2 aromatic carbocycles. The van der Waals surface area contributed by atoms with Gasteiger partial charge in [0.05, 0.1) is 5.75 Å². The van der Waals surface area contributed by atoms with Gasteiger partial charge in [0.15, 0.2) is 5.58 Å². The van der Waals surface area contributed by atoms with E-state index in [1.54, 1.807) is 42.5 Å². The Hall–Kier alpha value is -2.51. The van der Waals surface area contributed by atoms with Crippen LogP contribution in [0.25, 0.3) is 11.1 Å². The summed E-state index contributed by atoms with van der Waals surface area (Å²) < 4.78 is 5.55. The zero-order valence-corrected chi connectivity index (χ0v) is 14.8. The Labute approximate surface area is 152 Å². The Kier molecular flexibility index (Phi) is 5.25. The predicted octanol–water partition coefficient (Wildman–Crippen LogP) is 4.17. The fourth-order valence-electron chi connectivity index (χ4n) is 2.10. The van der Waals surface area contributed by atoms with Crippen molar-refractivity contribution in [1.29, 1.82) is 0 Å². The number of benzene rings is 2. The highest BCUT2D eigenvalue weighted by Gasteiger charge is 2.10. The molecule has 25 heavy (non-hydrogen) atoms. The summed E-state index contributed by atoms with van der Waals surface area (Å²) in [4.78, 5) is 27.3. The second kappa shape index (κ2) is 7.58. The summed E-state index contributed by atoms with van der Waals surface area (Å²) in [5, 5.41) is 6.42. The van der Waals surface area contributed by atoms with Crippen molar-refractivity contribution < 1.29 is 14.0 Å². The van der Waals surface area contributed by atoms with Gasteiger partial charge in [-0.1, -0.05) is 23.4 Å². The highest BCUT2D eigenvalue weighted by atomic mass is 35.5. The average Bonchev–Trinajstić information content (AvgIpc) is 2.96. The molecule has 3 rings (SSSR count). The van der Waals surface area contributed by atoms with E-state index in [2.05, 4.69) is 15.6 Å². The van der Waals surface area contributed by atoms with Crippen LogP contribution in [-0.2, 0) is 9.59 Å². The van der Waals surface area contributed by atoms with Crippen LogP contribution in [0.5, 0.6) is 0 Å². The van der Waals surface area contributed by atoms with Gasteiger partial charge in [-0.2, -0.15) is 0 Å². The lowest BCUT2D eigenvalue weighted by molar-refractivity contribution is -0.114. The molecule has 0 atom stereocenters. The maximum Gasteiger partial charge on any atom is 0.257 e. The maximum absolute atomic E-state index is 12.0. The summed E-state index contributed by atoms with van der Waals surface area (Å²) in [6, 6.07) is 12.1. The molecule has 6 nitrogen and oxygen atoms in total. The van der Waals surface area contributed by atoms with Crippen molar-refractivity contribution in [1.82, 2.24) is 4.98 Å². The van der Waals surface area contributed by atoms with E-state index < -0.39 is 0 Å². The molecule has 0 saturated heterocycles. The minimum atomic E-state index is -0.183. The van der Waals surface area contributed by atoms with Crippen molar-refractivity contribution in [2.24, 2.45) is 0 Å². The number of amides is 2. The molecular formula is C17H14ClN3O3S. The number of hydrogen-bond donors (Lipinski definition) is 2. The molecule has 128 valence electrons. The Morgan fingerprint density at radius 1 is 1.12 bits per heavy atom. The first-order chi connectivity index (χ1) is 12.0. The third-order valence-electron chi connectivity index (χ3n) is 3.15. The fourth-order valence-corrected chi connectivity index (χ4v) is 2.90. The number of anilines is 2. The highest BCUT2D eigenvalue weighted by molar-refractivity contribution is 7.99. The van der Waals surface area contributed by atoms with E-state index in [1.165, 1.54) is 18.7 Å². The Balaban J connectivity index is 1.55. The molecule has 0 bridgehead atoms. The third-order valence-corrected chi connectivity index (χ3v) is 4.21. The van der Waals surface area contributed by atoms with Crippen molar-refractivity contribution in [3.05, 3.63) is 47.5 Å². The molecule has 0 unspecified atom stereocenters. The van der Waals surface area contributed by atoms with Crippen molar-refractivity contribution in [2.75, 3.05) is 16.4 Å². The first-order valence-electron chi connectivity index (χ1n) is 7.36. The quantitative estimate of drug-likeness (QED) is 0.654. The molecule has 2 N–H and O–H groups in total. The number of halogens is 1. The van der Waals surface area contributed by atoms with E-state index in [9.17, 15) is 9.59 Å². The standard InChI is InChI=1S/C17H14ClN3O3S/c1-10(22)19-12-3-5-13(6-4-12)20-16(23)9-25-17-21-14-7-2-11(18)8-15(14)24-17/h2-8H,9H2,1H3,(H,19,22)(H,20,23). The number of carbonyl (C=O) groups is 2. The van der Waals surface area contributed by atoms with Gasteiger partial charge in [0.1, 0.15) is 5.52 Å². The lowest BCUT2D eigenvalue weighted by Crippen LogP contribution is -2.14. The number of rotatable bonds is 5. The zero-order valence-electron chi connectivity index (χ0n) is 13.2. The largest absolute Gasteiger partial charge is 0.431 e. The van der Waals surface area contributed by atoms with E-state index in [0.29, 0.717) is 32.7 Å². The maximum atomic E-state index is 12.0. The van der Waals surface area contributed by atoms with Gasteiger partial charge in [-0.25, -0.2) is 4.98 Å². The minimum absolute atomic E-state index is 0.146. The lowest BCUT2D eigenvalue weighted by atomic mass is 10.3. The molecule has 0 aliphatic carbocycles. The molecule has 0 radical (unpaired) electrons. The van der Waals surface area contributed by atoms with E-state index in [4.69, 9.17) is 16.0 Å². The molecule has 0 spiro atoms. The van der Waals surface area contributed by atoms with E-state index in [-0.39, 0.29) is 17.6 Å². The van der Waals surface area contributed by atoms with Gasteiger partial charge in [-0.05, 0) is 36.4 Å². The Morgan fingerprint density at radius 2 is 1.80 bits per heavy atom. The van der Waals surface area contributed by atoms with Crippen molar-refractivity contribution >= 4 is 57.7 Å². The van der Waals surface area contributed by atoms with Gasteiger partial charge in [0, 0.05) is 29.4 Å². The summed E-state index contributed by atoms with van der Waals surface area (Å²) >= 11 is 7.10. The minimum Gasteiger partial charge on any atom is -0.431 e. The smallest absolute Gasteiger partial charge is 0.257 e. The number of thioether (sulfide) groups is 1. The van der Waals surface area contributed by atoms with E-state index in [0.717, 1.165) is 0 Å². The zero-order chi connectivity index (χ0) is 17.8. The van der Waals surface area contributed by atoms with Gasteiger partial charge in [0.2, 0.25) is 11.8 Å². The first kappa shape index (κ1) is 17.3. The van der Waals surface area contributed by atoms with Crippen LogP contribution in [0.15, 0.2) is 52.1 Å². The predicted molar refractivity (Wildman–Crippen MR) is 99.1 cm³/mol. The van der Waals surface area contributed by atoms with Crippen molar-refractivity contribution in [3.63, 3.8) is 0 Å². The SMILES string of the molecule is CC(=O)Nc1ccc(NC(=O)CSc2nc3ccc(Cl)cc3o2)cc1. The van der Waals surface area contributed by atoms with E-state index >= 15 is 0 Å². The number of carbonyl (C=O) groups excluding carboxylic acids is 2. The van der Waals surface area contributed by atoms with Crippen molar-refractivity contribution in [3.8, 4) is 0 Å². The average molecular weight is 376 g/mol. The van der Waals surface area contributed by atoms with Crippen LogP contribution >= 0.6 is 23.4 Å². The normalized spacial score (nSPS) is 10.6. The van der Waals surface area contributed by atoms with Crippen LogP contribution in [0.4, 0.5) is 11.4 Å². The van der Waals surface area contributed by atoms with Crippen LogP contribution in [0, 0.1) is 0 Å². The van der Waals surface area contributed by atoms with Crippen LogP contribution in [0.3, 0.4) is 0 Å². The van der Waals surface area contributed by atoms with Crippen LogP contribution in [0.1, 0.15) is 6.92 Å². The van der Waals surface area contributed by atoms with Gasteiger partial charge in [-0.3, -0.25) is 9.59 Å². The summed E-state index contributed by atoms with van der Waals surface area (Å²) in [5.74, 6) is -0.168. The first-order valence-corrected chi connectivity index (χ1v) is 8.72. The van der Waals surface area contributed by atoms with Crippen molar-refractivity contribution in [2.45, 2.75) is 12.1 Å². The Morgan fingerprint density at radius 3 is 2.48 bits per heavy atom. The monoisotopic (exact) mass is 375 g/mol. The molecular weight excluding hydrogens is 362 g/mol. The summed E-state index contributed by atoms with van der Waals surface area (Å²) in [7, 11) is 0. The summed E-state index contributed by atoms with van der Waals surface area (Å²) in [5.41, 5.74) is 2.60. The molecule has 0 fully saturated rings. The number of hydrogen-bond acceptors (Lipinski definition) is 5. The lowest BCUT2D eigenvalue weighted by Gasteiger charge is -2.06. The highest BCUT2D eigenvalue weighted by Crippen LogP contribution is 2.25. The number of oxazole rings is 1.